The molecule has 12 heteroatoms. The van der Waals surface area contributed by atoms with E-state index >= 15 is 0 Å². The number of hydrogen-bond acceptors (Lipinski definition) is 7. The number of amides is 1. The molecule has 226 valence electrons. The Bertz CT molecular complexity index is 1750. The Labute approximate surface area is 258 Å². The molecule has 1 amide bonds. The molecular weight excluding hydrogens is 585 g/mol. The molecule has 1 saturated heterocycles. The van der Waals surface area contributed by atoms with Crippen molar-refractivity contribution in [3.63, 3.8) is 0 Å². The Morgan fingerprint density at radius 3 is 2.64 bits per heavy atom. The van der Waals surface area contributed by atoms with Crippen molar-refractivity contribution in [1.82, 2.24) is 24.8 Å². The maximum atomic E-state index is 14.3. The lowest BCUT2D eigenvalue weighted by molar-refractivity contribution is 0.0927. The van der Waals surface area contributed by atoms with Crippen LogP contribution in [0, 0.1) is 35.4 Å². The molecule has 2 aliphatic rings. The van der Waals surface area contributed by atoms with Gasteiger partial charge in [0.05, 0.1) is 24.3 Å². The predicted molar refractivity (Wildman–Crippen MR) is 165 cm³/mol. The van der Waals surface area contributed by atoms with Crippen molar-refractivity contribution in [2.75, 3.05) is 24.7 Å². The SMILES string of the molecule is C#C[C@H]1CC[C@H](Cn2c(N3CCOC[C@H]3c3ccccc3)nc3nc(C(=N)NC(=O)O)nc(-c4ccc(F)c(Cl)c4)c32)CC1. The van der Waals surface area contributed by atoms with E-state index in [4.69, 9.17) is 33.2 Å². The van der Waals surface area contributed by atoms with Gasteiger partial charge in [0.2, 0.25) is 5.95 Å². The first-order valence-corrected chi connectivity index (χ1v) is 14.9. The van der Waals surface area contributed by atoms with Crippen molar-refractivity contribution < 1.29 is 19.0 Å². The Kier molecular flexibility index (Phi) is 8.46. The summed E-state index contributed by atoms with van der Waals surface area (Å²) in [6, 6.07) is 14.2. The Hall–Kier alpha value is -4.53. The molecule has 44 heavy (non-hydrogen) atoms. The summed E-state index contributed by atoms with van der Waals surface area (Å²) < 4.78 is 22.3. The highest BCUT2D eigenvalue weighted by Gasteiger charge is 2.32. The number of imidazole rings is 1. The number of amidine groups is 1. The molecule has 3 N–H and O–H groups in total. The van der Waals surface area contributed by atoms with E-state index in [-0.39, 0.29) is 28.5 Å². The number of halogens is 2. The lowest BCUT2D eigenvalue weighted by Crippen LogP contribution is -2.41. The van der Waals surface area contributed by atoms with E-state index in [1.165, 1.54) is 12.1 Å². The number of carbonyl (C=O) groups is 1. The third kappa shape index (κ3) is 5.96. The molecule has 10 nitrogen and oxygen atoms in total. The van der Waals surface area contributed by atoms with Gasteiger partial charge in [0.1, 0.15) is 17.0 Å². The second-order valence-electron chi connectivity index (χ2n) is 11.1. The van der Waals surface area contributed by atoms with Gasteiger partial charge in [-0.25, -0.2) is 19.2 Å². The summed E-state index contributed by atoms with van der Waals surface area (Å²) in [4.78, 5) is 27.8. The smallest absolute Gasteiger partial charge is 0.410 e. The fraction of sp³-hybridized carbons (Fsp3) is 0.344. The van der Waals surface area contributed by atoms with Crippen molar-refractivity contribution >= 4 is 40.6 Å². The minimum absolute atomic E-state index is 0.0919. The van der Waals surface area contributed by atoms with Crippen LogP contribution in [-0.2, 0) is 11.3 Å². The standard InChI is InChI=1S/C32H31ClFN7O3/c1-2-19-8-10-20(11-9-19)17-41-27-26(22-12-13-24(34)23(33)16-22)36-30(28(35)37-32(42)43)38-29(27)39-31(41)40-14-15-44-18-25(40)21-6-4-3-5-7-21/h1,3-7,12-13,16,19-20,25H,8-11,14-15,17-18H2,(H2,35,37)(H,42,43)/t19-,20-,25-/m0/s1. The summed E-state index contributed by atoms with van der Waals surface area (Å²) in [6.45, 7) is 2.15. The molecule has 0 spiro atoms. The molecule has 6 rings (SSSR count). The van der Waals surface area contributed by atoms with Gasteiger partial charge >= 0.3 is 6.09 Å². The van der Waals surface area contributed by atoms with Gasteiger partial charge < -0.3 is 19.3 Å². The van der Waals surface area contributed by atoms with Gasteiger partial charge in [-0.1, -0.05) is 41.9 Å². The average molecular weight is 616 g/mol. The lowest BCUT2D eigenvalue weighted by Gasteiger charge is -2.37. The van der Waals surface area contributed by atoms with Crippen LogP contribution in [0.25, 0.3) is 22.4 Å². The first-order chi connectivity index (χ1) is 21.3. The van der Waals surface area contributed by atoms with Crippen LogP contribution in [-0.4, -0.2) is 56.3 Å². The Morgan fingerprint density at radius 2 is 1.93 bits per heavy atom. The number of benzene rings is 2. The van der Waals surface area contributed by atoms with Crippen LogP contribution in [0.5, 0.6) is 0 Å². The zero-order valence-corrected chi connectivity index (χ0v) is 24.6. The van der Waals surface area contributed by atoms with Crippen molar-refractivity contribution in [2.24, 2.45) is 11.8 Å². The Balaban J connectivity index is 1.56. The Morgan fingerprint density at radius 1 is 1.16 bits per heavy atom. The van der Waals surface area contributed by atoms with Gasteiger partial charge in [0.15, 0.2) is 17.3 Å². The number of aromatic nitrogens is 4. The molecule has 2 aromatic carbocycles. The molecule has 1 atom stereocenters. The number of hydrogen-bond donors (Lipinski definition) is 3. The quantitative estimate of drug-likeness (QED) is 0.140. The summed E-state index contributed by atoms with van der Waals surface area (Å²) in [5, 5.41) is 19.5. The molecule has 4 aromatic rings. The summed E-state index contributed by atoms with van der Waals surface area (Å²) in [7, 11) is 0. The van der Waals surface area contributed by atoms with Crippen LogP contribution in [0.4, 0.5) is 15.1 Å². The molecule has 0 radical (unpaired) electrons. The fourth-order valence-corrected chi connectivity index (χ4v) is 6.28. The largest absolute Gasteiger partial charge is 0.465 e. The van der Waals surface area contributed by atoms with Crippen molar-refractivity contribution in [1.29, 1.82) is 5.41 Å². The minimum Gasteiger partial charge on any atom is -0.465 e. The van der Waals surface area contributed by atoms with E-state index in [1.807, 2.05) is 23.5 Å². The summed E-state index contributed by atoms with van der Waals surface area (Å²) in [5.41, 5.74) is 2.80. The molecule has 0 bridgehead atoms. The van der Waals surface area contributed by atoms with Crippen LogP contribution in [0.15, 0.2) is 48.5 Å². The average Bonchev–Trinajstić information content (AvgIpc) is 3.40. The van der Waals surface area contributed by atoms with Crippen LogP contribution in [0.1, 0.15) is 43.1 Å². The monoisotopic (exact) mass is 615 g/mol. The number of carboxylic acid groups (broad SMARTS) is 1. The molecule has 2 fully saturated rings. The van der Waals surface area contributed by atoms with Gasteiger partial charge in [-0.05, 0) is 55.4 Å². The van der Waals surface area contributed by atoms with E-state index in [2.05, 4.69) is 37.5 Å². The lowest BCUT2D eigenvalue weighted by atomic mass is 9.82. The first kappa shape index (κ1) is 29.5. The number of nitrogens with zero attached hydrogens (tertiary/aromatic N) is 5. The van der Waals surface area contributed by atoms with E-state index < -0.39 is 17.7 Å². The summed E-state index contributed by atoms with van der Waals surface area (Å²) in [5.74, 6) is 2.88. The van der Waals surface area contributed by atoms with Gasteiger partial charge in [0.25, 0.3) is 0 Å². The van der Waals surface area contributed by atoms with E-state index in [0.29, 0.717) is 54.9 Å². The van der Waals surface area contributed by atoms with Crippen LogP contribution < -0.4 is 10.2 Å². The maximum absolute atomic E-state index is 14.3. The van der Waals surface area contributed by atoms with Crippen LogP contribution in [0.2, 0.25) is 5.02 Å². The maximum Gasteiger partial charge on any atom is 0.410 e. The molecule has 1 aliphatic heterocycles. The van der Waals surface area contributed by atoms with Crippen LogP contribution in [0.3, 0.4) is 0 Å². The zero-order valence-electron chi connectivity index (χ0n) is 23.8. The summed E-state index contributed by atoms with van der Waals surface area (Å²) >= 11 is 6.21. The highest BCUT2D eigenvalue weighted by atomic mass is 35.5. The summed E-state index contributed by atoms with van der Waals surface area (Å²) in [6.07, 6.45) is 8.08. The zero-order chi connectivity index (χ0) is 30.8. The number of ether oxygens (including phenoxy) is 1. The predicted octanol–water partition coefficient (Wildman–Crippen LogP) is 5.90. The molecular formula is C32H31ClFN7O3. The normalized spacial score (nSPS) is 20.3. The van der Waals surface area contributed by atoms with E-state index in [0.717, 1.165) is 31.2 Å². The van der Waals surface area contributed by atoms with Crippen molar-refractivity contribution in [3.8, 4) is 23.6 Å². The minimum atomic E-state index is -1.42. The number of rotatable bonds is 6. The van der Waals surface area contributed by atoms with Crippen molar-refractivity contribution in [3.05, 3.63) is 70.8 Å². The fourth-order valence-electron chi connectivity index (χ4n) is 6.10. The topological polar surface area (TPSA) is 129 Å². The van der Waals surface area contributed by atoms with Gasteiger partial charge in [0, 0.05) is 24.6 Å². The molecule has 3 heterocycles. The molecule has 2 aromatic heterocycles. The van der Waals surface area contributed by atoms with E-state index in [9.17, 15) is 14.3 Å². The highest BCUT2D eigenvalue weighted by Crippen LogP contribution is 2.38. The first-order valence-electron chi connectivity index (χ1n) is 14.5. The number of terminal acetylenes is 1. The molecule has 0 unspecified atom stereocenters. The van der Waals surface area contributed by atoms with Crippen molar-refractivity contribution in [2.45, 2.75) is 38.3 Å². The van der Waals surface area contributed by atoms with E-state index in [1.54, 1.807) is 6.07 Å². The van der Waals surface area contributed by atoms with Gasteiger partial charge in [-0.2, -0.15) is 4.98 Å². The highest BCUT2D eigenvalue weighted by molar-refractivity contribution is 6.31. The molecule has 1 saturated carbocycles. The van der Waals surface area contributed by atoms with Gasteiger partial charge in [-0.15, -0.1) is 12.3 Å². The number of fused-ring (bicyclic) bond motifs is 1. The third-order valence-corrected chi connectivity index (χ3v) is 8.61. The second-order valence-corrected chi connectivity index (χ2v) is 11.5. The number of nitrogens with one attached hydrogen (secondary N) is 2. The number of morpholine rings is 1. The molecule has 1 aliphatic carbocycles. The number of anilines is 1. The van der Waals surface area contributed by atoms with Crippen LogP contribution >= 0.6 is 11.6 Å². The third-order valence-electron chi connectivity index (χ3n) is 8.32. The van der Waals surface area contributed by atoms with Gasteiger partial charge in [-0.3, -0.25) is 10.7 Å². The second kappa shape index (κ2) is 12.6.